The second-order valence-corrected chi connectivity index (χ2v) is 7.74. The Labute approximate surface area is 151 Å². The normalized spacial score (nSPS) is 11.0. The fraction of sp³-hybridized carbons (Fsp3) is 0.176. The highest BCUT2D eigenvalue weighted by Crippen LogP contribution is 2.22. The van der Waals surface area contributed by atoms with Crippen molar-refractivity contribution in [3.8, 4) is 0 Å². The Morgan fingerprint density at radius 2 is 1.44 bits per heavy atom. The third kappa shape index (κ3) is 4.58. The summed E-state index contributed by atoms with van der Waals surface area (Å²) in [5, 5.41) is 2.81. The maximum absolute atomic E-state index is 12.1. The van der Waals surface area contributed by atoms with Gasteiger partial charge in [0.2, 0.25) is 0 Å². The molecule has 2 N–H and O–H groups in total. The second-order valence-electron chi connectivity index (χ2n) is 5.62. The maximum atomic E-state index is 12.1. The molecule has 6 nitrogen and oxygen atoms in total. The summed E-state index contributed by atoms with van der Waals surface area (Å²) in [5.41, 5.74) is 3.05. The summed E-state index contributed by atoms with van der Waals surface area (Å²) in [7, 11) is -4.16. The van der Waals surface area contributed by atoms with Crippen LogP contribution in [0.3, 0.4) is 0 Å². The van der Waals surface area contributed by atoms with Crippen LogP contribution in [0.25, 0.3) is 0 Å². The van der Waals surface area contributed by atoms with E-state index < -0.39 is 21.8 Å². The zero-order chi connectivity index (χ0) is 18.8. The average Bonchev–Trinajstić information content (AvgIpc) is 2.50. The molecule has 8 heteroatoms. The van der Waals surface area contributed by atoms with Crippen LogP contribution in [-0.2, 0) is 19.6 Å². The molecule has 0 aromatic heterocycles. The van der Waals surface area contributed by atoms with E-state index in [4.69, 9.17) is 11.6 Å². The molecule has 0 heterocycles. The van der Waals surface area contributed by atoms with Crippen molar-refractivity contribution in [1.29, 1.82) is 0 Å². The minimum atomic E-state index is -4.16. The predicted octanol–water partition coefficient (Wildman–Crippen LogP) is 2.71. The average molecular weight is 381 g/mol. The molecule has 0 aliphatic rings. The summed E-state index contributed by atoms with van der Waals surface area (Å²) in [6.07, 6.45) is 0. The molecule has 2 amide bonds. The van der Waals surface area contributed by atoms with Gasteiger partial charge < -0.3 is 5.32 Å². The van der Waals surface area contributed by atoms with E-state index in [0.717, 1.165) is 16.7 Å². The summed E-state index contributed by atoms with van der Waals surface area (Å²) in [6.45, 7) is 5.49. The molecule has 0 aliphatic heterocycles. The molecule has 25 heavy (non-hydrogen) atoms. The van der Waals surface area contributed by atoms with E-state index in [1.807, 2.05) is 19.1 Å². The number of sulfonamides is 1. The summed E-state index contributed by atoms with van der Waals surface area (Å²) in [4.78, 5) is 23.9. The lowest BCUT2D eigenvalue weighted by Gasteiger charge is -2.13. The predicted molar refractivity (Wildman–Crippen MR) is 96.1 cm³/mol. The van der Waals surface area contributed by atoms with E-state index in [0.29, 0.717) is 10.7 Å². The fourth-order valence-electron chi connectivity index (χ4n) is 2.39. The van der Waals surface area contributed by atoms with Gasteiger partial charge in [-0.25, -0.2) is 13.1 Å². The van der Waals surface area contributed by atoms with Gasteiger partial charge in [0.05, 0.1) is 4.90 Å². The van der Waals surface area contributed by atoms with E-state index in [1.165, 1.54) is 24.3 Å². The van der Waals surface area contributed by atoms with Gasteiger partial charge in [-0.1, -0.05) is 29.3 Å². The highest BCUT2D eigenvalue weighted by atomic mass is 35.5. The Kier molecular flexibility index (Phi) is 5.49. The van der Waals surface area contributed by atoms with Crippen molar-refractivity contribution >= 4 is 39.1 Å². The topological polar surface area (TPSA) is 92.3 Å². The SMILES string of the molecule is Cc1cc(C)c(NC(=O)C(=O)NS(=O)(=O)c2ccc(Cl)cc2)c(C)c1. The van der Waals surface area contributed by atoms with Crippen LogP contribution in [0.4, 0.5) is 5.69 Å². The summed E-state index contributed by atoms with van der Waals surface area (Å²) in [5.74, 6) is -2.33. The van der Waals surface area contributed by atoms with Crippen LogP contribution in [0.15, 0.2) is 41.3 Å². The van der Waals surface area contributed by atoms with Crippen molar-refractivity contribution in [1.82, 2.24) is 4.72 Å². The van der Waals surface area contributed by atoms with Gasteiger partial charge >= 0.3 is 11.8 Å². The lowest BCUT2D eigenvalue weighted by molar-refractivity contribution is -0.135. The highest BCUT2D eigenvalue weighted by Gasteiger charge is 2.23. The van der Waals surface area contributed by atoms with Gasteiger partial charge in [0.1, 0.15) is 0 Å². The van der Waals surface area contributed by atoms with Crippen molar-refractivity contribution in [2.45, 2.75) is 25.7 Å². The van der Waals surface area contributed by atoms with Crippen LogP contribution in [-0.4, -0.2) is 20.2 Å². The van der Waals surface area contributed by atoms with Crippen LogP contribution >= 0.6 is 11.6 Å². The lowest BCUT2D eigenvalue weighted by atomic mass is 10.1. The van der Waals surface area contributed by atoms with E-state index >= 15 is 0 Å². The quantitative estimate of drug-likeness (QED) is 0.801. The van der Waals surface area contributed by atoms with Crippen molar-refractivity contribution in [3.05, 3.63) is 58.1 Å². The van der Waals surface area contributed by atoms with Gasteiger partial charge in [0.25, 0.3) is 10.0 Å². The molecule has 2 aromatic rings. The zero-order valence-electron chi connectivity index (χ0n) is 13.9. The molecule has 2 rings (SSSR count). The molecule has 0 atom stereocenters. The number of anilines is 1. The Morgan fingerprint density at radius 3 is 1.96 bits per heavy atom. The summed E-state index contributed by atoms with van der Waals surface area (Å²) < 4.78 is 26.0. The molecule has 0 saturated carbocycles. The molecule has 0 radical (unpaired) electrons. The number of hydrogen-bond donors (Lipinski definition) is 2. The molecule has 0 unspecified atom stereocenters. The molecular formula is C17H17ClN2O4S. The smallest absolute Gasteiger partial charge is 0.317 e. The Balaban J connectivity index is 2.16. The Morgan fingerprint density at radius 1 is 0.920 bits per heavy atom. The van der Waals surface area contributed by atoms with E-state index in [1.54, 1.807) is 18.6 Å². The van der Waals surface area contributed by atoms with Gasteiger partial charge in [-0.15, -0.1) is 0 Å². The summed E-state index contributed by atoms with van der Waals surface area (Å²) >= 11 is 5.70. The van der Waals surface area contributed by atoms with Gasteiger partial charge in [0.15, 0.2) is 0 Å². The highest BCUT2D eigenvalue weighted by molar-refractivity contribution is 7.90. The molecule has 0 saturated heterocycles. The van der Waals surface area contributed by atoms with E-state index in [9.17, 15) is 18.0 Å². The molecule has 0 spiro atoms. The van der Waals surface area contributed by atoms with Crippen LogP contribution in [0.2, 0.25) is 5.02 Å². The van der Waals surface area contributed by atoms with Crippen LogP contribution in [0.1, 0.15) is 16.7 Å². The summed E-state index contributed by atoms with van der Waals surface area (Å²) in [6, 6.07) is 8.93. The lowest BCUT2D eigenvalue weighted by Crippen LogP contribution is -2.39. The first-order valence-corrected chi connectivity index (χ1v) is 9.18. The fourth-order valence-corrected chi connectivity index (χ4v) is 3.46. The second kappa shape index (κ2) is 7.25. The number of rotatable bonds is 3. The van der Waals surface area contributed by atoms with Crippen molar-refractivity contribution in [2.24, 2.45) is 0 Å². The third-order valence-corrected chi connectivity index (χ3v) is 5.07. The number of hydrogen-bond acceptors (Lipinski definition) is 4. The van der Waals surface area contributed by atoms with Crippen LogP contribution in [0, 0.1) is 20.8 Å². The van der Waals surface area contributed by atoms with Gasteiger partial charge in [-0.05, 0) is 56.2 Å². The van der Waals surface area contributed by atoms with E-state index in [2.05, 4.69) is 5.32 Å². The molecule has 132 valence electrons. The van der Waals surface area contributed by atoms with Crippen LogP contribution in [0.5, 0.6) is 0 Å². The van der Waals surface area contributed by atoms with E-state index in [-0.39, 0.29) is 4.90 Å². The number of benzene rings is 2. The third-order valence-electron chi connectivity index (χ3n) is 3.47. The number of halogens is 1. The van der Waals surface area contributed by atoms with Crippen molar-refractivity contribution < 1.29 is 18.0 Å². The maximum Gasteiger partial charge on any atom is 0.323 e. The number of carbonyl (C=O) groups is 2. The monoisotopic (exact) mass is 380 g/mol. The molecule has 0 fully saturated rings. The molecule has 0 aliphatic carbocycles. The molecule has 0 bridgehead atoms. The molecular weight excluding hydrogens is 364 g/mol. The largest absolute Gasteiger partial charge is 0.323 e. The van der Waals surface area contributed by atoms with Gasteiger partial charge in [-0.3, -0.25) is 9.59 Å². The van der Waals surface area contributed by atoms with Gasteiger partial charge in [0, 0.05) is 10.7 Å². The Hall–Kier alpha value is -2.38. The first-order valence-electron chi connectivity index (χ1n) is 7.31. The minimum Gasteiger partial charge on any atom is -0.317 e. The van der Waals surface area contributed by atoms with Crippen LogP contribution < -0.4 is 10.0 Å². The minimum absolute atomic E-state index is 0.166. The number of nitrogens with one attached hydrogen (secondary N) is 2. The zero-order valence-corrected chi connectivity index (χ0v) is 15.5. The number of carbonyl (C=O) groups excluding carboxylic acids is 2. The van der Waals surface area contributed by atoms with Gasteiger partial charge in [-0.2, -0.15) is 0 Å². The standard InChI is InChI=1S/C17H17ClN2O4S/c1-10-8-11(2)15(12(3)9-10)19-16(21)17(22)20-25(23,24)14-6-4-13(18)5-7-14/h4-9H,1-3H3,(H,19,21)(H,20,22). The number of amides is 2. The van der Waals surface area contributed by atoms with Crippen molar-refractivity contribution in [3.63, 3.8) is 0 Å². The molecule has 2 aromatic carbocycles. The first kappa shape index (κ1) is 19.0. The Bertz CT molecular complexity index is 915. The first-order chi connectivity index (χ1) is 11.6. The van der Waals surface area contributed by atoms with Crippen molar-refractivity contribution in [2.75, 3.05) is 5.32 Å². The number of aryl methyl sites for hydroxylation is 3.